The van der Waals surface area contributed by atoms with Crippen LogP contribution in [0.25, 0.3) is 0 Å². The fourth-order valence-corrected chi connectivity index (χ4v) is 2.74. The SMILES string of the molecule is O=C1CC[C@@H](C(=O)N2CC(Oc3cccc(Cl)c3)C2)NC(=O)N1. The second kappa shape index (κ2) is 6.45. The standard InChI is InChI=1S/C15H16ClN3O4/c16-9-2-1-3-10(6-9)23-11-7-19(8-11)14(21)12-4-5-13(20)18-15(22)17-12/h1-3,6,11-12H,4-5,7-8H2,(H2,17,18,20,22)/t12-/m0/s1. The zero-order valence-electron chi connectivity index (χ0n) is 12.3. The maximum atomic E-state index is 12.3. The summed E-state index contributed by atoms with van der Waals surface area (Å²) in [5.41, 5.74) is 0. The van der Waals surface area contributed by atoms with Gasteiger partial charge < -0.3 is 15.0 Å². The number of hydrogen-bond donors (Lipinski definition) is 2. The monoisotopic (exact) mass is 337 g/mol. The summed E-state index contributed by atoms with van der Waals surface area (Å²) < 4.78 is 5.73. The molecular formula is C15H16ClN3O4. The first kappa shape index (κ1) is 15.6. The van der Waals surface area contributed by atoms with Gasteiger partial charge in [-0.25, -0.2) is 4.79 Å². The van der Waals surface area contributed by atoms with E-state index in [1.54, 1.807) is 29.2 Å². The van der Waals surface area contributed by atoms with Crippen LogP contribution >= 0.6 is 11.6 Å². The van der Waals surface area contributed by atoms with Crippen LogP contribution in [-0.4, -0.2) is 48.0 Å². The summed E-state index contributed by atoms with van der Waals surface area (Å²) in [7, 11) is 0. The van der Waals surface area contributed by atoms with E-state index in [0.29, 0.717) is 30.3 Å². The molecule has 0 radical (unpaired) electrons. The normalized spacial score (nSPS) is 21.8. The summed E-state index contributed by atoms with van der Waals surface area (Å²) in [6.45, 7) is 0.887. The average molecular weight is 338 g/mol. The minimum Gasteiger partial charge on any atom is -0.487 e. The number of urea groups is 1. The molecule has 8 heteroatoms. The number of imide groups is 1. The molecule has 1 atom stereocenters. The third-order valence-corrected chi connectivity index (χ3v) is 4.01. The summed E-state index contributed by atoms with van der Waals surface area (Å²) in [6, 6.07) is 5.78. The van der Waals surface area contributed by atoms with Gasteiger partial charge in [0, 0.05) is 11.4 Å². The second-order valence-corrected chi connectivity index (χ2v) is 5.99. The Balaban J connectivity index is 1.51. The highest BCUT2D eigenvalue weighted by Crippen LogP contribution is 2.22. The number of amides is 4. The Bertz CT molecular complexity index is 645. The summed E-state index contributed by atoms with van der Waals surface area (Å²) in [4.78, 5) is 36.6. The molecule has 122 valence electrons. The molecule has 7 nitrogen and oxygen atoms in total. The van der Waals surface area contributed by atoms with Gasteiger partial charge >= 0.3 is 6.03 Å². The second-order valence-electron chi connectivity index (χ2n) is 5.55. The smallest absolute Gasteiger partial charge is 0.322 e. The van der Waals surface area contributed by atoms with Crippen LogP contribution in [0.3, 0.4) is 0 Å². The van der Waals surface area contributed by atoms with E-state index >= 15 is 0 Å². The van der Waals surface area contributed by atoms with Gasteiger partial charge in [0.25, 0.3) is 0 Å². The first-order valence-electron chi connectivity index (χ1n) is 7.32. The number of benzene rings is 1. The van der Waals surface area contributed by atoms with E-state index in [1.807, 2.05) is 0 Å². The van der Waals surface area contributed by atoms with E-state index in [9.17, 15) is 14.4 Å². The van der Waals surface area contributed by atoms with Gasteiger partial charge in [0.05, 0.1) is 13.1 Å². The molecule has 23 heavy (non-hydrogen) atoms. The van der Waals surface area contributed by atoms with Gasteiger partial charge in [-0.05, 0) is 24.6 Å². The van der Waals surface area contributed by atoms with Crippen molar-refractivity contribution in [2.75, 3.05) is 13.1 Å². The Hall–Kier alpha value is -2.28. The number of hydrogen-bond acceptors (Lipinski definition) is 4. The van der Waals surface area contributed by atoms with Gasteiger partial charge in [-0.2, -0.15) is 0 Å². The fourth-order valence-electron chi connectivity index (χ4n) is 2.56. The van der Waals surface area contributed by atoms with Crippen molar-refractivity contribution in [1.29, 1.82) is 0 Å². The highest BCUT2D eigenvalue weighted by Gasteiger charge is 2.37. The summed E-state index contributed by atoms with van der Waals surface area (Å²) in [5, 5.41) is 5.25. The number of ether oxygens (including phenoxy) is 1. The van der Waals surface area contributed by atoms with Crippen LogP contribution in [0.5, 0.6) is 5.75 Å². The molecule has 0 spiro atoms. The van der Waals surface area contributed by atoms with Crippen molar-refractivity contribution in [2.45, 2.75) is 25.0 Å². The average Bonchev–Trinajstić information content (AvgIpc) is 2.62. The van der Waals surface area contributed by atoms with E-state index in [4.69, 9.17) is 16.3 Å². The maximum absolute atomic E-state index is 12.3. The van der Waals surface area contributed by atoms with Crippen molar-refractivity contribution in [3.8, 4) is 5.75 Å². The van der Waals surface area contributed by atoms with Crippen LogP contribution in [0.1, 0.15) is 12.8 Å². The molecule has 3 rings (SSSR count). The molecular weight excluding hydrogens is 322 g/mol. The number of carbonyl (C=O) groups is 3. The predicted molar refractivity (Wildman–Crippen MR) is 82.1 cm³/mol. The number of rotatable bonds is 3. The number of nitrogens with one attached hydrogen (secondary N) is 2. The predicted octanol–water partition coefficient (Wildman–Crippen LogP) is 0.918. The Morgan fingerprint density at radius 2 is 2.09 bits per heavy atom. The van der Waals surface area contributed by atoms with Gasteiger partial charge in [-0.3, -0.25) is 14.9 Å². The number of likely N-dealkylation sites (tertiary alicyclic amines) is 1. The summed E-state index contributed by atoms with van der Waals surface area (Å²) >= 11 is 5.89. The lowest BCUT2D eigenvalue weighted by molar-refractivity contribution is -0.142. The fraction of sp³-hybridized carbons (Fsp3) is 0.400. The van der Waals surface area contributed by atoms with E-state index in [-0.39, 0.29) is 24.3 Å². The Morgan fingerprint density at radius 1 is 1.30 bits per heavy atom. The lowest BCUT2D eigenvalue weighted by atomic mass is 10.1. The summed E-state index contributed by atoms with van der Waals surface area (Å²) in [5.74, 6) is 0.0940. The molecule has 0 aromatic heterocycles. The molecule has 4 amide bonds. The van der Waals surface area contributed by atoms with Crippen LogP contribution in [0.2, 0.25) is 5.02 Å². The largest absolute Gasteiger partial charge is 0.487 e. The molecule has 0 unspecified atom stereocenters. The minimum atomic E-state index is -0.673. The number of carbonyl (C=O) groups excluding carboxylic acids is 3. The Labute approximate surface area is 137 Å². The molecule has 1 aromatic rings. The first-order chi connectivity index (χ1) is 11.0. The maximum Gasteiger partial charge on any atom is 0.322 e. The van der Waals surface area contributed by atoms with Gasteiger partial charge in [0.15, 0.2) is 0 Å². The van der Waals surface area contributed by atoms with Crippen LogP contribution in [0, 0.1) is 0 Å². The topological polar surface area (TPSA) is 87.7 Å². The molecule has 2 N–H and O–H groups in total. The van der Waals surface area contributed by atoms with Gasteiger partial charge in [-0.15, -0.1) is 0 Å². The van der Waals surface area contributed by atoms with Crippen molar-refractivity contribution >= 4 is 29.4 Å². The van der Waals surface area contributed by atoms with Crippen molar-refractivity contribution in [3.63, 3.8) is 0 Å². The lowest BCUT2D eigenvalue weighted by Crippen LogP contribution is -2.61. The Morgan fingerprint density at radius 3 is 2.83 bits per heavy atom. The molecule has 0 bridgehead atoms. The third kappa shape index (κ3) is 3.73. The number of halogens is 1. The van der Waals surface area contributed by atoms with Gasteiger partial charge in [0.1, 0.15) is 17.9 Å². The zero-order valence-corrected chi connectivity index (χ0v) is 13.0. The van der Waals surface area contributed by atoms with Crippen molar-refractivity contribution in [2.24, 2.45) is 0 Å². The van der Waals surface area contributed by atoms with Crippen molar-refractivity contribution in [1.82, 2.24) is 15.5 Å². The lowest BCUT2D eigenvalue weighted by Gasteiger charge is -2.40. The van der Waals surface area contributed by atoms with Crippen molar-refractivity contribution in [3.05, 3.63) is 29.3 Å². The molecule has 0 aliphatic carbocycles. The first-order valence-corrected chi connectivity index (χ1v) is 7.70. The van der Waals surface area contributed by atoms with Crippen LogP contribution in [-0.2, 0) is 9.59 Å². The van der Waals surface area contributed by atoms with E-state index in [0.717, 1.165) is 0 Å². The molecule has 2 saturated heterocycles. The van der Waals surface area contributed by atoms with Crippen LogP contribution in [0.15, 0.2) is 24.3 Å². The highest BCUT2D eigenvalue weighted by molar-refractivity contribution is 6.30. The van der Waals surface area contributed by atoms with E-state index in [2.05, 4.69) is 10.6 Å². The van der Waals surface area contributed by atoms with E-state index < -0.39 is 12.1 Å². The molecule has 2 fully saturated rings. The van der Waals surface area contributed by atoms with Gasteiger partial charge in [0.2, 0.25) is 11.8 Å². The van der Waals surface area contributed by atoms with Crippen molar-refractivity contribution < 1.29 is 19.1 Å². The molecule has 2 aliphatic rings. The minimum absolute atomic E-state index is 0.0985. The van der Waals surface area contributed by atoms with E-state index in [1.165, 1.54) is 0 Å². The van der Waals surface area contributed by atoms with Gasteiger partial charge in [-0.1, -0.05) is 17.7 Å². The molecule has 0 saturated carbocycles. The quantitative estimate of drug-likeness (QED) is 0.858. The summed E-state index contributed by atoms with van der Waals surface area (Å²) in [6.07, 6.45) is 0.344. The highest BCUT2D eigenvalue weighted by atomic mass is 35.5. The zero-order chi connectivity index (χ0) is 16.4. The molecule has 1 aromatic carbocycles. The molecule has 2 heterocycles. The molecule has 2 aliphatic heterocycles. The number of nitrogens with zero attached hydrogens (tertiary/aromatic N) is 1. The third-order valence-electron chi connectivity index (χ3n) is 3.77. The van der Waals surface area contributed by atoms with Crippen LogP contribution < -0.4 is 15.4 Å². The van der Waals surface area contributed by atoms with Crippen LogP contribution in [0.4, 0.5) is 4.79 Å². The Kier molecular flexibility index (Phi) is 4.38.